The number of aromatic amines is 1. The maximum absolute atomic E-state index is 11.5. The highest BCUT2D eigenvalue weighted by molar-refractivity contribution is 5.98. The van der Waals surface area contributed by atoms with E-state index in [1.54, 1.807) is 13.2 Å². The molecule has 0 aromatic carbocycles. The highest BCUT2D eigenvalue weighted by Gasteiger charge is 2.29. The molecule has 0 radical (unpaired) electrons. The van der Waals surface area contributed by atoms with Crippen LogP contribution in [-0.2, 0) is 0 Å². The summed E-state index contributed by atoms with van der Waals surface area (Å²) in [6.07, 6.45) is 4.00. The number of hydrogen-bond acceptors (Lipinski definition) is 3. The number of aromatic nitrogens is 2. The molecule has 0 unspecified atom stereocenters. The van der Waals surface area contributed by atoms with Gasteiger partial charge in [0, 0.05) is 11.6 Å². The Labute approximate surface area is 76.7 Å². The van der Waals surface area contributed by atoms with E-state index in [0.29, 0.717) is 12.5 Å². The summed E-state index contributed by atoms with van der Waals surface area (Å²) in [5, 5.41) is 9.67. The number of H-pyrrole nitrogens is 1. The van der Waals surface area contributed by atoms with E-state index in [4.69, 9.17) is 0 Å². The van der Waals surface area contributed by atoms with E-state index in [0.717, 1.165) is 11.3 Å². The topological polar surface area (TPSA) is 57.8 Å². The molecular formula is C9H13N3O. The number of nitrogens with one attached hydrogen (secondary N) is 2. The van der Waals surface area contributed by atoms with Gasteiger partial charge in [-0.1, -0.05) is 0 Å². The van der Waals surface area contributed by atoms with Crippen molar-refractivity contribution in [2.45, 2.75) is 18.8 Å². The molecule has 13 heavy (non-hydrogen) atoms. The SMILES string of the molecule is CNCC(=O)c1cn[nH]c1C1CC1. The summed E-state index contributed by atoms with van der Waals surface area (Å²) in [6.45, 7) is 0.388. The van der Waals surface area contributed by atoms with Crippen molar-refractivity contribution in [3.8, 4) is 0 Å². The Kier molecular flexibility index (Phi) is 2.14. The van der Waals surface area contributed by atoms with Gasteiger partial charge in [0.25, 0.3) is 0 Å². The van der Waals surface area contributed by atoms with E-state index in [1.165, 1.54) is 12.8 Å². The molecule has 1 aromatic heterocycles. The smallest absolute Gasteiger partial charge is 0.180 e. The lowest BCUT2D eigenvalue weighted by Crippen LogP contribution is -2.19. The van der Waals surface area contributed by atoms with E-state index >= 15 is 0 Å². The molecule has 0 atom stereocenters. The molecule has 1 heterocycles. The predicted molar refractivity (Wildman–Crippen MR) is 48.8 cm³/mol. The summed E-state index contributed by atoms with van der Waals surface area (Å²) in [6, 6.07) is 0. The van der Waals surface area contributed by atoms with Gasteiger partial charge in [-0.2, -0.15) is 5.10 Å². The lowest BCUT2D eigenvalue weighted by atomic mass is 10.1. The van der Waals surface area contributed by atoms with Gasteiger partial charge in [0.2, 0.25) is 0 Å². The fraction of sp³-hybridized carbons (Fsp3) is 0.556. The molecule has 0 spiro atoms. The van der Waals surface area contributed by atoms with Crippen LogP contribution in [0.2, 0.25) is 0 Å². The number of ketones is 1. The highest BCUT2D eigenvalue weighted by Crippen LogP contribution is 2.40. The molecule has 1 aliphatic rings. The summed E-state index contributed by atoms with van der Waals surface area (Å²) in [5.74, 6) is 0.677. The average Bonchev–Trinajstić information content (AvgIpc) is 2.84. The Morgan fingerprint density at radius 3 is 3.15 bits per heavy atom. The molecule has 4 heteroatoms. The van der Waals surface area contributed by atoms with Crippen molar-refractivity contribution in [1.29, 1.82) is 0 Å². The van der Waals surface area contributed by atoms with Crippen molar-refractivity contribution in [2.24, 2.45) is 0 Å². The molecule has 1 aliphatic carbocycles. The van der Waals surface area contributed by atoms with Crippen molar-refractivity contribution in [3.05, 3.63) is 17.5 Å². The van der Waals surface area contributed by atoms with E-state index in [9.17, 15) is 4.79 Å². The number of rotatable bonds is 4. The molecule has 70 valence electrons. The molecule has 1 aromatic rings. The van der Waals surface area contributed by atoms with Gasteiger partial charge in [-0.05, 0) is 19.9 Å². The first-order valence-corrected chi connectivity index (χ1v) is 4.54. The Balaban J connectivity index is 2.18. The molecular weight excluding hydrogens is 166 g/mol. The van der Waals surface area contributed by atoms with Crippen molar-refractivity contribution < 1.29 is 4.79 Å². The van der Waals surface area contributed by atoms with Crippen LogP contribution in [0.1, 0.15) is 34.8 Å². The van der Waals surface area contributed by atoms with Crippen LogP contribution in [0.3, 0.4) is 0 Å². The Morgan fingerprint density at radius 2 is 2.54 bits per heavy atom. The largest absolute Gasteiger partial charge is 0.313 e. The van der Waals surface area contributed by atoms with E-state index < -0.39 is 0 Å². The average molecular weight is 179 g/mol. The molecule has 0 aliphatic heterocycles. The lowest BCUT2D eigenvalue weighted by molar-refractivity contribution is 0.0992. The van der Waals surface area contributed by atoms with Crippen LogP contribution in [0.15, 0.2) is 6.20 Å². The third kappa shape index (κ3) is 1.62. The van der Waals surface area contributed by atoms with Crippen LogP contribution in [-0.4, -0.2) is 29.6 Å². The van der Waals surface area contributed by atoms with Gasteiger partial charge in [0.15, 0.2) is 5.78 Å². The zero-order valence-corrected chi connectivity index (χ0v) is 7.63. The molecule has 1 saturated carbocycles. The summed E-state index contributed by atoms with van der Waals surface area (Å²) in [7, 11) is 1.77. The molecule has 0 amide bonds. The minimum absolute atomic E-state index is 0.123. The van der Waals surface area contributed by atoms with Crippen molar-refractivity contribution in [1.82, 2.24) is 15.5 Å². The second kappa shape index (κ2) is 3.30. The first-order chi connectivity index (χ1) is 6.33. The van der Waals surface area contributed by atoms with Gasteiger partial charge in [-0.15, -0.1) is 0 Å². The first kappa shape index (κ1) is 8.44. The van der Waals surface area contributed by atoms with Crippen molar-refractivity contribution in [3.63, 3.8) is 0 Å². The summed E-state index contributed by atoms with van der Waals surface area (Å²) < 4.78 is 0. The Bertz CT molecular complexity index is 314. The summed E-state index contributed by atoms with van der Waals surface area (Å²) in [4.78, 5) is 11.5. The summed E-state index contributed by atoms with van der Waals surface area (Å²) in [5.41, 5.74) is 1.79. The normalized spacial score (nSPS) is 16.1. The van der Waals surface area contributed by atoms with Gasteiger partial charge in [-0.25, -0.2) is 0 Å². The highest BCUT2D eigenvalue weighted by atomic mass is 16.1. The third-order valence-electron chi connectivity index (χ3n) is 2.29. The first-order valence-electron chi connectivity index (χ1n) is 4.54. The molecule has 0 bridgehead atoms. The van der Waals surface area contributed by atoms with Gasteiger partial charge < -0.3 is 5.32 Å². The van der Waals surface area contributed by atoms with Gasteiger partial charge in [-0.3, -0.25) is 9.89 Å². The standard InChI is InChI=1S/C9H13N3O/c1-10-5-8(13)7-4-11-12-9(7)6-2-3-6/h4,6,10H,2-3,5H2,1H3,(H,11,12). The molecule has 1 fully saturated rings. The van der Waals surface area contributed by atoms with E-state index in [2.05, 4.69) is 15.5 Å². The molecule has 0 saturated heterocycles. The minimum Gasteiger partial charge on any atom is -0.313 e. The fourth-order valence-corrected chi connectivity index (χ4v) is 1.46. The molecule has 2 N–H and O–H groups in total. The van der Waals surface area contributed by atoms with Crippen molar-refractivity contribution in [2.75, 3.05) is 13.6 Å². The van der Waals surface area contributed by atoms with Crippen LogP contribution in [0.5, 0.6) is 0 Å². The number of likely N-dealkylation sites (N-methyl/N-ethyl adjacent to an activating group) is 1. The number of Topliss-reactive ketones (excluding diaryl/α,β-unsaturated/α-hetero) is 1. The quantitative estimate of drug-likeness (QED) is 0.668. The third-order valence-corrected chi connectivity index (χ3v) is 2.29. The maximum Gasteiger partial charge on any atom is 0.180 e. The molecule has 2 rings (SSSR count). The fourth-order valence-electron chi connectivity index (χ4n) is 1.46. The maximum atomic E-state index is 11.5. The number of carbonyl (C=O) groups excluding carboxylic acids is 1. The second-order valence-corrected chi connectivity index (χ2v) is 3.43. The lowest BCUT2D eigenvalue weighted by Gasteiger charge is -1.99. The van der Waals surface area contributed by atoms with Gasteiger partial charge in [0.05, 0.1) is 18.3 Å². The molecule has 4 nitrogen and oxygen atoms in total. The number of nitrogens with zero attached hydrogens (tertiary/aromatic N) is 1. The van der Waals surface area contributed by atoms with E-state index in [1.807, 2.05) is 0 Å². The zero-order valence-electron chi connectivity index (χ0n) is 7.63. The number of hydrogen-bond donors (Lipinski definition) is 2. The zero-order chi connectivity index (χ0) is 9.26. The van der Waals surface area contributed by atoms with Gasteiger partial charge in [0.1, 0.15) is 0 Å². The Hall–Kier alpha value is -1.16. The van der Waals surface area contributed by atoms with E-state index in [-0.39, 0.29) is 5.78 Å². The van der Waals surface area contributed by atoms with Crippen LogP contribution < -0.4 is 5.32 Å². The number of carbonyl (C=O) groups is 1. The second-order valence-electron chi connectivity index (χ2n) is 3.43. The monoisotopic (exact) mass is 179 g/mol. The van der Waals surface area contributed by atoms with Crippen LogP contribution in [0.4, 0.5) is 0 Å². The predicted octanol–water partition coefficient (Wildman–Crippen LogP) is 0.689. The van der Waals surface area contributed by atoms with Crippen LogP contribution >= 0.6 is 0 Å². The van der Waals surface area contributed by atoms with Crippen LogP contribution in [0, 0.1) is 0 Å². The minimum atomic E-state index is 0.123. The van der Waals surface area contributed by atoms with Crippen LogP contribution in [0.25, 0.3) is 0 Å². The summed E-state index contributed by atoms with van der Waals surface area (Å²) >= 11 is 0. The van der Waals surface area contributed by atoms with Gasteiger partial charge >= 0.3 is 0 Å². The Morgan fingerprint density at radius 1 is 1.77 bits per heavy atom. The van der Waals surface area contributed by atoms with Crippen molar-refractivity contribution >= 4 is 5.78 Å².